The lowest BCUT2D eigenvalue weighted by atomic mass is 10.1. The summed E-state index contributed by atoms with van der Waals surface area (Å²) < 4.78 is 0.822. The van der Waals surface area contributed by atoms with Crippen LogP contribution in [0.4, 0.5) is 5.69 Å². The van der Waals surface area contributed by atoms with Gasteiger partial charge in [-0.2, -0.15) is 11.8 Å². The second kappa shape index (κ2) is 5.78. The van der Waals surface area contributed by atoms with Crippen molar-refractivity contribution in [3.8, 4) is 0 Å². The van der Waals surface area contributed by atoms with Gasteiger partial charge in [0.25, 0.3) is 5.91 Å². The Labute approximate surface area is 114 Å². The molecule has 2 rings (SSSR count). The van der Waals surface area contributed by atoms with Gasteiger partial charge in [0.1, 0.15) is 0 Å². The van der Waals surface area contributed by atoms with Gasteiger partial charge < -0.3 is 11.1 Å². The molecule has 1 saturated heterocycles. The van der Waals surface area contributed by atoms with E-state index in [2.05, 4.69) is 21.2 Å². The molecule has 0 aromatic heterocycles. The summed E-state index contributed by atoms with van der Waals surface area (Å²) in [6.07, 6.45) is 2.25. The summed E-state index contributed by atoms with van der Waals surface area (Å²) in [4.78, 5) is 12.0. The van der Waals surface area contributed by atoms with Crippen molar-refractivity contribution in [2.45, 2.75) is 18.9 Å². The summed E-state index contributed by atoms with van der Waals surface area (Å²) in [5.41, 5.74) is 6.98. The summed E-state index contributed by atoms with van der Waals surface area (Å²) in [5, 5.41) is 3.05. The number of carbonyl (C=O) groups excluding carboxylic acids is 1. The fraction of sp³-hybridized carbons (Fsp3) is 0.417. The first-order valence-corrected chi connectivity index (χ1v) is 7.55. The van der Waals surface area contributed by atoms with Crippen LogP contribution in [-0.2, 0) is 0 Å². The molecular formula is C12H15BrN2OS. The lowest BCUT2D eigenvalue weighted by molar-refractivity contribution is 0.0938. The SMILES string of the molecule is Nc1cc(C(=O)NC2CCCSC2)ccc1Br. The van der Waals surface area contributed by atoms with Gasteiger partial charge in [-0.05, 0) is 52.7 Å². The van der Waals surface area contributed by atoms with E-state index in [9.17, 15) is 4.79 Å². The zero-order valence-electron chi connectivity index (χ0n) is 9.41. The van der Waals surface area contributed by atoms with Crippen LogP contribution in [-0.4, -0.2) is 23.5 Å². The summed E-state index contributed by atoms with van der Waals surface area (Å²) in [6.45, 7) is 0. The summed E-state index contributed by atoms with van der Waals surface area (Å²) in [6, 6.07) is 5.59. The minimum atomic E-state index is -0.0308. The number of thioether (sulfide) groups is 1. The second-order valence-electron chi connectivity index (χ2n) is 4.12. The Hall–Kier alpha value is -0.680. The van der Waals surface area contributed by atoms with E-state index in [1.165, 1.54) is 12.2 Å². The Kier molecular flexibility index (Phi) is 4.34. The number of halogens is 1. The van der Waals surface area contributed by atoms with Crippen LogP contribution in [0.2, 0.25) is 0 Å². The van der Waals surface area contributed by atoms with Crippen LogP contribution in [0.1, 0.15) is 23.2 Å². The molecule has 3 N–H and O–H groups in total. The number of nitrogens with one attached hydrogen (secondary N) is 1. The number of amides is 1. The molecule has 1 fully saturated rings. The molecule has 1 amide bonds. The molecule has 5 heteroatoms. The quantitative estimate of drug-likeness (QED) is 0.825. The predicted octanol–water partition coefficient (Wildman–Crippen LogP) is 2.66. The smallest absolute Gasteiger partial charge is 0.251 e. The average molecular weight is 315 g/mol. The monoisotopic (exact) mass is 314 g/mol. The molecule has 0 bridgehead atoms. The molecule has 1 aromatic carbocycles. The van der Waals surface area contributed by atoms with Gasteiger partial charge in [0.15, 0.2) is 0 Å². The van der Waals surface area contributed by atoms with Gasteiger partial charge in [-0.25, -0.2) is 0 Å². The number of hydrogen-bond acceptors (Lipinski definition) is 3. The molecule has 17 heavy (non-hydrogen) atoms. The Morgan fingerprint density at radius 2 is 2.35 bits per heavy atom. The van der Waals surface area contributed by atoms with E-state index in [1.807, 2.05) is 11.8 Å². The van der Waals surface area contributed by atoms with Gasteiger partial charge in [-0.3, -0.25) is 4.79 Å². The van der Waals surface area contributed by atoms with Gasteiger partial charge in [-0.15, -0.1) is 0 Å². The lowest BCUT2D eigenvalue weighted by Crippen LogP contribution is -2.38. The van der Waals surface area contributed by atoms with Gasteiger partial charge >= 0.3 is 0 Å². The van der Waals surface area contributed by atoms with Crippen molar-refractivity contribution in [2.75, 3.05) is 17.2 Å². The number of anilines is 1. The van der Waals surface area contributed by atoms with E-state index in [4.69, 9.17) is 5.73 Å². The first-order chi connectivity index (χ1) is 8.16. The summed E-state index contributed by atoms with van der Waals surface area (Å²) >= 11 is 5.22. The lowest BCUT2D eigenvalue weighted by Gasteiger charge is -2.22. The highest BCUT2D eigenvalue weighted by molar-refractivity contribution is 9.10. The van der Waals surface area contributed by atoms with Crippen molar-refractivity contribution in [3.05, 3.63) is 28.2 Å². The van der Waals surface area contributed by atoms with Crippen LogP contribution in [0.5, 0.6) is 0 Å². The molecule has 92 valence electrons. The van der Waals surface area contributed by atoms with E-state index < -0.39 is 0 Å². The van der Waals surface area contributed by atoms with Crippen molar-refractivity contribution < 1.29 is 4.79 Å². The molecule has 1 aromatic rings. The van der Waals surface area contributed by atoms with Crippen LogP contribution >= 0.6 is 27.7 Å². The largest absolute Gasteiger partial charge is 0.398 e. The van der Waals surface area contributed by atoms with Crippen LogP contribution in [0, 0.1) is 0 Å². The summed E-state index contributed by atoms with van der Waals surface area (Å²) in [5.74, 6) is 2.19. The molecular weight excluding hydrogens is 300 g/mol. The Bertz CT molecular complexity index is 419. The minimum absolute atomic E-state index is 0.0308. The van der Waals surface area contributed by atoms with Gasteiger partial charge in [0, 0.05) is 27.5 Å². The normalized spacial score (nSPS) is 19.9. The number of hydrogen-bond donors (Lipinski definition) is 2. The molecule has 0 radical (unpaired) electrons. The van der Waals surface area contributed by atoms with Crippen molar-refractivity contribution >= 4 is 39.3 Å². The third kappa shape index (κ3) is 3.39. The first kappa shape index (κ1) is 12.8. The highest BCUT2D eigenvalue weighted by atomic mass is 79.9. The number of carbonyl (C=O) groups is 1. The molecule has 0 spiro atoms. The first-order valence-electron chi connectivity index (χ1n) is 5.60. The van der Waals surface area contributed by atoms with Crippen LogP contribution in [0.3, 0.4) is 0 Å². The van der Waals surface area contributed by atoms with Crippen molar-refractivity contribution in [2.24, 2.45) is 0 Å². The number of benzene rings is 1. The van der Waals surface area contributed by atoms with Crippen molar-refractivity contribution in [1.82, 2.24) is 5.32 Å². The van der Waals surface area contributed by atoms with E-state index >= 15 is 0 Å². The van der Waals surface area contributed by atoms with Crippen molar-refractivity contribution in [1.29, 1.82) is 0 Å². The maximum Gasteiger partial charge on any atom is 0.251 e. The fourth-order valence-electron chi connectivity index (χ4n) is 1.81. The number of nitrogen functional groups attached to an aromatic ring is 1. The molecule has 1 atom stereocenters. The third-order valence-electron chi connectivity index (χ3n) is 2.75. The number of nitrogens with two attached hydrogens (primary N) is 1. The van der Waals surface area contributed by atoms with Gasteiger partial charge in [-0.1, -0.05) is 0 Å². The van der Waals surface area contributed by atoms with Gasteiger partial charge in [0.05, 0.1) is 0 Å². The van der Waals surface area contributed by atoms with E-state index in [0.29, 0.717) is 17.3 Å². The van der Waals surface area contributed by atoms with Crippen LogP contribution in [0.15, 0.2) is 22.7 Å². The zero-order chi connectivity index (χ0) is 12.3. The maximum atomic E-state index is 12.0. The molecule has 3 nitrogen and oxygen atoms in total. The topological polar surface area (TPSA) is 55.1 Å². The average Bonchev–Trinajstić information content (AvgIpc) is 2.34. The van der Waals surface area contributed by atoms with E-state index in [1.54, 1.807) is 18.2 Å². The standard InChI is InChI=1S/C12H15BrN2OS/c13-10-4-3-8(6-11(10)14)12(16)15-9-2-1-5-17-7-9/h3-4,6,9H,1-2,5,7,14H2,(H,15,16). The highest BCUT2D eigenvalue weighted by Crippen LogP contribution is 2.21. The third-order valence-corrected chi connectivity index (χ3v) is 4.69. The molecule has 1 heterocycles. The summed E-state index contributed by atoms with van der Waals surface area (Å²) in [7, 11) is 0. The maximum absolute atomic E-state index is 12.0. The van der Waals surface area contributed by atoms with E-state index in [0.717, 1.165) is 16.6 Å². The molecule has 1 aliphatic rings. The highest BCUT2D eigenvalue weighted by Gasteiger charge is 2.17. The Balaban J connectivity index is 2.01. The van der Waals surface area contributed by atoms with Crippen LogP contribution < -0.4 is 11.1 Å². The molecule has 0 saturated carbocycles. The van der Waals surface area contributed by atoms with Gasteiger partial charge in [0.2, 0.25) is 0 Å². The number of rotatable bonds is 2. The van der Waals surface area contributed by atoms with E-state index in [-0.39, 0.29) is 5.91 Å². The molecule has 1 unspecified atom stereocenters. The van der Waals surface area contributed by atoms with Crippen molar-refractivity contribution in [3.63, 3.8) is 0 Å². The zero-order valence-corrected chi connectivity index (χ0v) is 11.8. The minimum Gasteiger partial charge on any atom is -0.398 e. The Morgan fingerprint density at radius 1 is 1.53 bits per heavy atom. The fourth-order valence-corrected chi connectivity index (χ4v) is 3.13. The predicted molar refractivity (Wildman–Crippen MR) is 76.4 cm³/mol. The molecule has 0 aliphatic carbocycles. The second-order valence-corrected chi connectivity index (χ2v) is 6.13. The van der Waals surface area contributed by atoms with Crippen LogP contribution in [0.25, 0.3) is 0 Å². The molecule has 1 aliphatic heterocycles. The Morgan fingerprint density at radius 3 is 3.00 bits per heavy atom.